The zero-order valence-corrected chi connectivity index (χ0v) is 11.5. The lowest BCUT2D eigenvalue weighted by molar-refractivity contribution is 0.109. The Labute approximate surface area is 120 Å². The van der Waals surface area contributed by atoms with Gasteiger partial charge >= 0.3 is 0 Å². The van der Waals surface area contributed by atoms with E-state index < -0.39 is 0 Å². The zero-order chi connectivity index (χ0) is 14.1. The average Bonchev–Trinajstić information content (AvgIpc) is 2.42. The minimum absolute atomic E-state index is 0.359. The summed E-state index contributed by atoms with van der Waals surface area (Å²) in [6.45, 7) is 1.10. The van der Waals surface area contributed by atoms with Crippen molar-refractivity contribution in [2.24, 2.45) is 0 Å². The molecule has 1 aromatic heterocycles. The number of nitrogens with two attached hydrogens (primary N) is 1. The molecule has 3 rings (SSSR count). The summed E-state index contributed by atoms with van der Waals surface area (Å²) in [5, 5.41) is 0.369. The van der Waals surface area contributed by atoms with Crippen molar-refractivity contribution < 1.29 is 9.13 Å². The highest BCUT2D eigenvalue weighted by Crippen LogP contribution is 2.23. The predicted molar refractivity (Wildman–Crippen MR) is 74.0 cm³/mol. The smallest absolute Gasteiger partial charge is 0.135 e. The Morgan fingerprint density at radius 2 is 2.20 bits per heavy atom. The van der Waals surface area contributed by atoms with Crippen molar-refractivity contribution in [3.8, 4) is 0 Å². The van der Waals surface area contributed by atoms with Crippen molar-refractivity contribution in [3.05, 3.63) is 51.7 Å². The van der Waals surface area contributed by atoms with Crippen molar-refractivity contribution in [1.29, 1.82) is 0 Å². The molecule has 2 N–H and O–H groups in total. The molecule has 0 saturated heterocycles. The number of aromatic nitrogens is 2. The Bertz CT molecular complexity index is 663. The van der Waals surface area contributed by atoms with Crippen LogP contribution in [0.1, 0.15) is 22.6 Å². The SMILES string of the molecule is Nc1nc(Cc2ccc(F)cc2Cl)nc2c1COCC2. The van der Waals surface area contributed by atoms with Crippen molar-refractivity contribution in [2.45, 2.75) is 19.4 Å². The van der Waals surface area contributed by atoms with Crippen LogP contribution >= 0.6 is 11.6 Å². The molecule has 0 atom stereocenters. The maximum atomic E-state index is 13.0. The van der Waals surface area contributed by atoms with Gasteiger partial charge < -0.3 is 10.5 Å². The molecule has 2 aromatic rings. The van der Waals surface area contributed by atoms with Gasteiger partial charge in [0, 0.05) is 23.4 Å². The summed E-state index contributed by atoms with van der Waals surface area (Å²) in [7, 11) is 0. The number of ether oxygens (including phenoxy) is 1. The first kappa shape index (κ1) is 13.3. The monoisotopic (exact) mass is 293 g/mol. The van der Waals surface area contributed by atoms with E-state index in [9.17, 15) is 4.39 Å². The lowest BCUT2D eigenvalue weighted by Gasteiger charge is -2.17. The van der Waals surface area contributed by atoms with Crippen molar-refractivity contribution >= 4 is 17.4 Å². The summed E-state index contributed by atoms with van der Waals surface area (Å²) in [6.07, 6.45) is 1.16. The molecule has 1 aromatic carbocycles. The van der Waals surface area contributed by atoms with Crippen molar-refractivity contribution in [3.63, 3.8) is 0 Å². The van der Waals surface area contributed by atoms with Crippen LogP contribution in [0.5, 0.6) is 0 Å². The molecule has 1 aliphatic heterocycles. The largest absolute Gasteiger partial charge is 0.383 e. The Kier molecular flexibility index (Phi) is 3.54. The van der Waals surface area contributed by atoms with E-state index in [1.54, 1.807) is 6.07 Å². The predicted octanol–water partition coefficient (Wildman–Crippen LogP) is 2.51. The first-order valence-electron chi connectivity index (χ1n) is 6.29. The molecular weight excluding hydrogens is 281 g/mol. The molecule has 20 heavy (non-hydrogen) atoms. The fourth-order valence-electron chi connectivity index (χ4n) is 2.22. The topological polar surface area (TPSA) is 61.0 Å². The molecule has 0 saturated carbocycles. The number of nitrogens with zero attached hydrogens (tertiary/aromatic N) is 2. The first-order chi connectivity index (χ1) is 9.63. The number of anilines is 1. The third-order valence-corrected chi connectivity index (χ3v) is 3.62. The molecule has 0 bridgehead atoms. The Balaban J connectivity index is 1.93. The maximum Gasteiger partial charge on any atom is 0.135 e. The van der Waals surface area contributed by atoms with Gasteiger partial charge in [0.15, 0.2) is 0 Å². The quantitative estimate of drug-likeness (QED) is 0.924. The van der Waals surface area contributed by atoms with Crippen LogP contribution in [0.25, 0.3) is 0 Å². The molecular formula is C14H13ClFN3O. The molecule has 0 spiro atoms. The van der Waals surface area contributed by atoms with Gasteiger partial charge in [0.1, 0.15) is 17.5 Å². The van der Waals surface area contributed by atoms with E-state index in [0.29, 0.717) is 36.3 Å². The number of rotatable bonds is 2. The summed E-state index contributed by atoms with van der Waals surface area (Å²) < 4.78 is 18.4. The standard InChI is InChI=1S/C14H13ClFN3O/c15-11-6-9(16)2-1-8(11)5-13-18-12-3-4-20-7-10(12)14(17)19-13/h1-2,6H,3-5,7H2,(H2,17,18,19). The third-order valence-electron chi connectivity index (χ3n) is 3.26. The van der Waals surface area contributed by atoms with Gasteiger partial charge in [-0.3, -0.25) is 0 Å². The van der Waals surface area contributed by atoms with E-state index in [1.807, 2.05) is 0 Å². The minimum Gasteiger partial charge on any atom is -0.383 e. The molecule has 0 amide bonds. The number of halogens is 2. The van der Waals surface area contributed by atoms with Crippen LogP contribution in [0.4, 0.5) is 10.2 Å². The van der Waals surface area contributed by atoms with E-state index in [1.165, 1.54) is 12.1 Å². The van der Waals surface area contributed by atoms with Gasteiger partial charge in [-0.15, -0.1) is 0 Å². The molecule has 6 heteroatoms. The molecule has 0 aliphatic carbocycles. The number of hydrogen-bond donors (Lipinski definition) is 1. The Morgan fingerprint density at radius 1 is 1.35 bits per heavy atom. The van der Waals surface area contributed by atoms with Crippen LogP contribution in [0.2, 0.25) is 5.02 Å². The number of nitrogen functional groups attached to an aromatic ring is 1. The van der Waals surface area contributed by atoms with Gasteiger partial charge in [-0.1, -0.05) is 17.7 Å². The number of fused-ring (bicyclic) bond motifs is 1. The molecule has 2 heterocycles. The van der Waals surface area contributed by atoms with Gasteiger partial charge in [-0.25, -0.2) is 14.4 Å². The maximum absolute atomic E-state index is 13.0. The van der Waals surface area contributed by atoms with Gasteiger partial charge in [-0.05, 0) is 17.7 Å². The fraction of sp³-hybridized carbons (Fsp3) is 0.286. The fourth-order valence-corrected chi connectivity index (χ4v) is 2.46. The van der Waals surface area contributed by atoms with Gasteiger partial charge in [-0.2, -0.15) is 0 Å². The van der Waals surface area contributed by atoms with E-state index in [2.05, 4.69) is 9.97 Å². The highest BCUT2D eigenvalue weighted by molar-refractivity contribution is 6.31. The second kappa shape index (κ2) is 5.34. The second-order valence-corrected chi connectivity index (χ2v) is 5.07. The lowest BCUT2D eigenvalue weighted by Crippen LogP contribution is -2.17. The highest BCUT2D eigenvalue weighted by atomic mass is 35.5. The highest BCUT2D eigenvalue weighted by Gasteiger charge is 2.17. The summed E-state index contributed by atoms with van der Waals surface area (Å²) in [6, 6.07) is 4.29. The van der Waals surface area contributed by atoms with Crippen LogP contribution in [0.3, 0.4) is 0 Å². The summed E-state index contributed by atoms with van der Waals surface area (Å²) in [4.78, 5) is 8.79. The van der Waals surface area contributed by atoms with Crippen molar-refractivity contribution in [2.75, 3.05) is 12.3 Å². The van der Waals surface area contributed by atoms with Gasteiger partial charge in [0.2, 0.25) is 0 Å². The zero-order valence-electron chi connectivity index (χ0n) is 10.7. The summed E-state index contributed by atoms with van der Waals surface area (Å²) >= 11 is 6.02. The molecule has 0 fully saturated rings. The van der Waals surface area contributed by atoms with Crippen molar-refractivity contribution in [1.82, 2.24) is 9.97 Å². The van der Waals surface area contributed by atoms with Crippen LogP contribution in [0, 0.1) is 5.82 Å². The second-order valence-electron chi connectivity index (χ2n) is 4.67. The molecule has 4 nitrogen and oxygen atoms in total. The van der Waals surface area contributed by atoms with E-state index >= 15 is 0 Å². The molecule has 1 aliphatic rings. The average molecular weight is 294 g/mol. The molecule has 0 unspecified atom stereocenters. The van der Waals surface area contributed by atoms with E-state index in [-0.39, 0.29) is 5.82 Å². The van der Waals surface area contributed by atoms with Crippen LogP contribution in [-0.4, -0.2) is 16.6 Å². The third kappa shape index (κ3) is 2.59. The molecule has 0 radical (unpaired) electrons. The van der Waals surface area contributed by atoms with Gasteiger partial charge in [0.05, 0.1) is 18.9 Å². The Morgan fingerprint density at radius 3 is 3.00 bits per heavy atom. The van der Waals surface area contributed by atoms with E-state index in [0.717, 1.165) is 23.2 Å². The summed E-state index contributed by atoms with van der Waals surface area (Å²) in [5.74, 6) is 0.682. The Hall–Kier alpha value is -1.72. The minimum atomic E-state index is -0.359. The normalized spacial score (nSPS) is 14.1. The number of benzene rings is 1. The summed E-state index contributed by atoms with van der Waals surface area (Å²) in [5.41, 5.74) is 8.50. The first-order valence-corrected chi connectivity index (χ1v) is 6.67. The number of hydrogen-bond acceptors (Lipinski definition) is 4. The lowest BCUT2D eigenvalue weighted by atomic mass is 10.1. The van der Waals surface area contributed by atoms with Crippen LogP contribution < -0.4 is 5.73 Å². The van der Waals surface area contributed by atoms with E-state index in [4.69, 9.17) is 22.1 Å². The molecule has 104 valence electrons. The van der Waals surface area contributed by atoms with Crippen LogP contribution in [-0.2, 0) is 24.2 Å². The van der Waals surface area contributed by atoms with Gasteiger partial charge in [0.25, 0.3) is 0 Å². The van der Waals surface area contributed by atoms with Crippen LogP contribution in [0.15, 0.2) is 18.2 Å².